The zero-order valence-electron chi connectivity index (χ0n) is 71.6. The first-order valence-corrected chi connectivity index (χ1v) is 40.8. The van der Waals surface area contributed by atoms with Crippen LogP contribution >= 0.6 is 0 Å². The molecule has 3 fully saturated rings. The average molecular weight is 1660 g/mol. The molecule has 118 heavy (non-hydrogen) atoms. The van der Waals surface area contributed by atoms with Gasteiger partial charge in [-0.15, -0.1) is 5.10 Å². The number of unbranched alkanes of at least 4 members (excludes halogenated alkanes) is 1. The Morgan fingerprint density at radius 2 is 0.814 bits per heavy atom. The van der Waals surface area contributed by atoms with Gasteiger partial charge >= 0.3 is 30.1 Å². The number of aromatic carboxylic acids is 1. The van der Waals surface area contributed by atoms with E-state index in [-0.39, 0.29) is 53.8 Å². The van der Waals surface area contributed by atoms with Crippen LogP contribution in [0.2, 0.25) is 0 Å². The van der Waals surface area contributed by atoms with Gasteiger partial charge in [0.1, 0.15) is 41.3 Å². The number of esters is 2. The van der Waals surface area contributed by atoms with Crippen molar-refractivity contribution in [1.82, 2.24) is 70.3 Å². The second kappa shape index (κ2) is 54.4. The maximum atomic E-state index is 12.6. The number of methoxy groups -OCH3 is 1. The van der Waals surface area contributed by atoms with Gasteiger partial charge in [-0.2, -0.15) is 13.2 Å². The molecule has 0 amide bonds. The fourth-order valence-corrected chi connectivity index (χ4v) is 12.9. The van der Waals surface area contributed by atoms with Gasteiger partial charge in [0.25, 0.3) is 11.8 Å². The van der Waals surface area contributed by atoms with Gasteiger partial charge in [-0.1, -0.05) is 87.7 Å². The number of hydrogen-bond donors (Lipinski definition) is 5. The van der Waals surface area contributed by atoms with E-state index in [0.29, 0.717) is 43.4 Å². The van der Waals surface area contributed by atoms with Gasteiger partial charge in [-0.25, -0.2) is 34.1 Å². The Morgan fingerprint density at radius 1 is 0.466 bits per heavy atom. The SMILES string of the molecule is CCCCN(C)C.CCOC(=O)c1[nH]nnc1OC1CCC(c2ccc(OCCCN(C)C)cc2)CC1.CCOC(=O)c1nnn(Cc2ccc(OC)cc2)c1OC1CCC(c2ccc(OCCCN(C)C)cc2)CC1.CN(C)CCCO.CN(C)CCCOc1ccc(C2CCC(Oc3nn[nH]c3C(=O)O)CC2)cc1.O=C(O)C(F)(F)F. The highest BCUT2D eigenvalue weighted by molar-refractivity contribution is 5.90. The van der Waals surface area contributed by atoms with Crippen molar-refractivity contribution in [2.75, 3.05) is 150 Å². The van der Waals surface area contributed by atoms with Crippen LogP contribution in [0.3, 0.4) is 0 Å². The summed E-state index contributed by atoms with van der Waals surface area (Å²) in [6.07, 6.45) is 12.8. The molecule has 3 heterocycles. The van der Waals surface area contributed by atoms with Crippen molar-refractivity contribution < 1.29 is 90.3 Å². The molecule has 0 radical (unpaired) electrons. The van der Waals surface area contributed by atoms with E-state index in [1.165, 1.54) is 36.1 Å². The first-order chi connectivity index (χ1) is 56.5. The number of alkyl halides is 3. The van der Waals surface area contributed by atoms with E-state index in [1.807, 2.05) is 50.5 Å². The molecule has 3 saturated carbocycles. The van der Waals surface area contributed by atoms with Gasteiger partial charge in [-0.3, -0.25) is 0 Å². The molecule has 4 aromatic carbocycles. The summed E-state index contributed by atoms with van der Waals surface area (Å²) >= 11 is 0. The fraction of sp³-hybridized carbons (Fsp3) is 0.600. The van der Waals surface area contributed by atoms with E-state index in [0.717, 1.165) is 177 Å². The average Bonchev–Trinajstić information content (AvgIpc) is 1.71. The van der Waals surface area contributed by atoms with Crippen molar-refractivity contribution in [3.05, 3.63) is 136 Å². The number of nitrogens with zero attached hydrogens (tertiary/aromatic N) is 12. The lowest BCUT2D eigenvalue weighted by Gasteiger charge is -2.29. The maximum absolute atomic E-state index is 12.6. The van der Waals surface area contributed by atoms with Crippen molar-refractivity contribution in [3.63, 3.8) is 0 Å². The molecule has 0 aliphatic heterocycles. The number of aromatic nitrogens is 9. The summed E-state index contributed by atoms with van der Waals surface area (Å²) in [6.45, 7) is 14.5. The maximum Gasteiger partial charge on any atom is 0.490 e. The lowest BCUT2D eigenvalue weighted by atomic mass is 9.83. The van der Waals surface area contributed by atoms with Crippen LogP contribution in [0, 0.1) is 0 Å². The van der Waals surface area contributed by atoms with Crippen LogP contribution in [0.4, 0.5) is 13.2 Å². The van der Waals surface area contributed by atoms with Gasteiger partial charge in [0.15, 0.2) is 0 Å². The lowest BCUT2D eigenvalue weighted by molar-refractivity contribution is -0.192. The highest BCUT2D eigenvalue weighted by atomic mass is 19.4. The molecule has 30 nitrogen and oxygen atoms in total. The molecular formula is C85H129F3N14O16. The van der Waals surface area contributed by atoms with Gasteiger partial charge < -0.3 is 82.5 Å². The number of halogens is 3. The van der Waals surface area contributed by atoms with Crippen LogP contribution in [0.5, 0.6) is 40.6 Å². The summed E-state index contributed by atoms with van der Waals surface area (Å²) < 4.78 is 84.4. The van der Waals surface area contributed by atoms with E-state index < -0.39 is 30.1 Å². The molecule has 0 bridgehead atoms. The molecule has 3 aliphatic carbocycles. The zero-order chi connectivity index (χ0) is 86.4. The molecule has 0 saturated heterocycles. The molecule has 7 aromatic rings. The highest BCUT2D eigenvalue weighted by Crippen LogP contribution is 2.39. The first kappa shape index (κ1) is 98.9. The largest absolute Gasteiger partial charge is 0.497 e. The number of aliphatic hydroxyl groups is 1. The summed E-state index contributed by atoms with van der Waals surface area (Å²) in [5.74, 6) is 0.778. The highest BCUT2D eigenvalue weighted by Gasteiger charge is 2.38. The predicted octanol–water partition coefficient (Wildman–Crippen LogP) is 13.2. The van der Waals surface area contributed by atoms with Crippen molar-refractivity contribution in [1.29, 1.82) is 0 Å². The smallest absolute Gasteiger partial charge is 0.490 e. The van der Waals surface area contributed by atoms with Crippen LogP contribution in [0.15, 0.2) is 97.1 Å². The summed E-state index contributed by atoms with van der Waals surface area (Å²) in [5, 5.41) is 52.6. The third-order valence-corrected chi connectivity index (χ3v) is 19.3. The van der Waals surface area contributed by atoms with Crippen LogP contribution in [0.1, 0.15) is 208 Å². The number of carboxylic acid groups (broad SMARTS) is 2. The summed E-state index contributed by atoms with van der Waals surface area (Å²) in [4.78, 5) is 55.2. The molecule has 10 rings (SSSR count). The lowest BCUT2D eigenvalue weighted by Crippen LogP contribution is -2.25. The molecule has 656 valence electrons. The topological polar surface area (TPSA) is 342 Å². The van der Waals surface area contributed by atoms with E-state index in [1.54, 1.807) is 25.6 Å². The second-order valence-corrected chi connectivity index (χ2v) is 30.3. The number of carboxylic acids is 2. The number of carbonyl (C=O) groups is 4. The van der Waals surface area contributed by atoms with Crippen LogP contribution in [-0.4, -0.2) is 284 Å². The Kier molecular flexibility index (Phi) is 45.6. The molecule has 3 aromatic heterocycles. The van der Waals surface area contributed by atoms with E-state index in [4.69, 9.17) is 62.7 Å². The van der Waals surface area contributed by atoms with E-state index in [9.17, 15) is 27.6 Å². The Bertz CT molecular complexity index is 3870. The van der Waals surface area contributed by atoms with Crippen LogP contribution < -0.4 is 33.2 Å². The normalized spacial score (nSPS) is 17.0. The third-order valence-electron chi connectivity index (χ3n) is 19.3. The Morgan fingerprint density at radius 3 is 1.14 bits per heavy atom. The van der Waals surface area contributed by atoms with Crippen molar-refractivity contribution in [3.8, 4) is 40.6 Å². The first-order valence-electron chi connectivity index (χ1n) is 40.8. The summed E-state index contributed by atoms with van der Waals surface area (Å²) in [5.41, 5.74) is 5.17. The van der Waals surface area contributed by atoms with Gasteiger partial charge in [-0.05, 0) is 295 Å². The Labute approximate surface area is 693 Å². The number of hydrogen-bond acceptors (Lipinski definition) is 25. The quantitative estimate of drug-likeness (QED) is 0.0177. The van der Waals surface area contributed by atoms with E-state index in [2.05, 4.69) is 190 Å². The number of H-pyrrole nitrogens is 2. The predicted molar refractivity (Wildman–Crippen MR) is 443 cm³/mol. The minimum absolute atomic E-state index is 0.0261. The monoisotopic (exact) mass is 1660 g/mol. The molecule has 33 heteroatoms. The zero-order valence-corrected chi connectivity index (χ0v) is 71.6. The molecule has 0 unspecified atom stereocenters. The number of aromatic amines is 2. The van der Waals surface area contributed by atoms with Crippen LogP contribution in [0.25, 0.3) is 0 Å². The number of benzene rings is 4. The molecule has 0 spiro atoms. The Balaban J connectivity index is 0.000000283. The molecular weight excluding hydrogens is 1530 g/mol. The summed E-state index contributed by atoms with van der Waals surface area (Å²) in [7, 11) is 22.2. The fourth-order valence-electron chi connectivity index (χ4n) is 12.9. The number of aliphatic carboxylic acids is 1. The minimum Gasteiger partial charge on any atom is -0.497 e. The molecule has 5 N–H and O–H groups in total. The summed E-state index contributed by atoms with van der Waals surface area (Å²) in [6, 6.07) is 33.1. The number of rotatable bonds is 38. The molecule has 0 atom stereocenters. The number of aliphatic hydroxyl groups excluding tert-OH is 1. The standard InChI is InChI=1S/C30H40N4O5.C22H32N4O4.C20H28N4O4.C6H15N.C5H13NO.C2HF3O2/c1-5-37-30(35)28-29(34(32-31-28)21-22-7-13-25(36-4)14-8-22)39-27-17-11-24(12-18-27)23-9-15-26(16-10-23)38-20-6-19-33(2)3;1-4-28-22(27)20-21(24-25-23-20)30-19-12-8-17(9-13-19)16-6-10-18(11-7-16)29-15-5-14-26(2)3;1-24(2)12-3-13-27-16-8-4-14(5-9-16)15-6-10-17(11-7-15)28-19-18(20(25)26)21-23-22-19;1-4-5-6-7(2)3;1-6(2)4-3-5-7;3-2(4,5)1(6)7/h7-10,13-16,24,27H,5-6,11-12,17-21H2,1-4H3;6-7,10-11,17,19H,4-5,8-9,12-15H2,1-3H3,(H,23,24,25);4-5,8-9,15,17H,3,6-7,10-13H2,1-2H3,(H,25,26)(H,21,22,23);4-6H2,1-3H3;7H,3-5H2,1-2H3;(H,6,7). The minimum atomic E-state index is -5.08. The second-order valence-electron chi connectivity index (χ2n) is 30.3. The Hall–Kier alpha value is -9.67. The number of ether oxygens (including phenoxy) is 9. The van der Waals surface area contributed by atoms with Crippen LogP contribution in [-0.2, 0) is 20.8 Å². The van der Waals surface area contributed by atoms with E-state index >= 15 is 0 Å². The third kappa shape index (κ3) is 37.9. The van der Waals surface area contributed by atoms with Crippen molar-refractivity contribution >= 4 is 23.9 Å². The van der Waals surface area contributed by atoms with Crippen molar-refractivity contribution in [2.24, 2.45) is 0 Å². The number of carbonyl (C=O) groups excluding carboxylic acids is 2. The molecule has 3 aliphatic rings. The van der Waals surface area contributed by atoms with Gasteiger partial charge in [0.2, 0.25) is 23.0 Å². The van der Waals surface area contributed by atoms with Crippen molar-refractivity contribution in [2.45, 2.75) is 185 Å². The number of nitrogens with one attached hydrogen (secondary N) is 2. The van der Waals surface area contributed by atoms with Gasteiger partial charge in [0, 0.05) is 26.2 Å². The van der Waals surface area contributed by atoms with Gasteiger partial charge in [0.05, 0.1) is 46.7 Å².